The molecule has 1 aliphatic rings. The van der Waals surface area contributed by atoms with Crippen LogP contribution in [0.3, 0.4) is 0 Å². The molecule has 2 aromatic heterocycles. The minimum atomic E-state index is -0.180. The second-order valence-corrected chi connectivity index (χ2v) is 6.72. The average Bonchev–Trinajstić information content (AvgIpc) is 3.18. The molecule has 3 heterocycles. The predicted molar refractivity (Wildman–Crippen MR) is 103 cm³/mol. The van der Waals surface area contributed by atoms with E-state index in [4.69, 9.17) is 0 Å². The number of aromatic nitrogens is 3. The van der Waals surface area contributed by atoms with Crippen molar-refractivity contribution >= 4 is 5.91 Å². The van der Waals surface area contributed by atoms with E-state index in [1.807, 2.05) is 54.4 Å². The highest BCUT2D eigenvalue weighted by Crippen LogP contribution is 2.33. The normalized spacial score (nSPS) is 16.2. The first kappa shape index (κ1) is 17.3. The van der Waals surface area contributed by atoms with E-state index in [1.54, 1.807) is 0 Å². The number of hydrogen-bond donors (Lipinski definition) is 0. The number of benzene rings is 1. The molecule has 0 fully saturated rings. The molecular weight excluding hydrogens is 340 g/mol. The first-order valence-electron chi connectivity index (χ1n) is 9.28. The van der Waals surface area contributed by atoms with Crippen LogP contribution in [0.4, 0.5) is 0 Å². The van der Waals surface area contributed by atoms with Gasteiger partial charge >= 0.3 is 0 Å². The topological polar surface area (TPSA) is 60.1 Å². The third-order valence-corrected chi connectivity index (χ3v) is 4.94. The summed E-state index contributed by atoms with van der Waals surface area (Å²) in [5.41, 5.74) is 2.28. The lowest BCUT2D eigenvalue weighted by Crippen LogP contribution is -2.43. The maximum absolute atomic E-state index is 13.3. The standard InChI is InChI=1S/C21H22N4O2/c1-2-12-25-19(26)11-10-17(22-25)21(27)24-15-14-23-13-6-9-18(23)20(24)16-7-4-3-5-8-16/h3-11,13,20H,2,12,14-15H2,1H3. The number of nitrogens with zero attached hydrogens (tertiary/aromatic N) is 4. The minimum absolute atomic E-state index is 0.152. The van der Waals surface area contributed by atoms with Gasteiger partial charge in [0.15, 0.2) is 0 Å². The van der Waals surface area contributed by atoms with Crippen molar-refractivity contribution in [2.24, 2.45) is 0 Å². The Balaban J connectivity index is 1.74. The summed E-state index contributed by atoms with van der Waals surface area (Å²) in [5.74, 6) is -0.152. The fourth-order valence-electron chi connectivity index (χ4n) is 3.67. The average molecular weight is 362 g/mol. The van der Waals surface area contributed by atoms with Gasteiger partial charge in [-0.25, -0.2) is 4.68 Å². The summed E-state index contributed by atoms with van der Waals surface area (Å²) in [4.78, 5) is 27.1. The summed E-state index contributed by atoms with van der Waals surface area (Å²) in [6.45, 7) is 3.82. The molecular formula is C21H22N4O2. The van der Waals surface area contributed by atoms with Gasteiger partial charge in [-0.2, -0.15) is 5.10 Å². The number of rotatable bonds is 4. The highest BCUT2D eigenvalue weighted by molar-refractivity contribution is 5.92. The number of hydrogen-bond acceptors (Lipinski definition) is 3. The van der Waals surface area contributed by atoms with Gasteiger partial charge in [0.25, 0.3) is 11.5 Å². The molecule has 4 rings (SSSR count). The van der Waals surface area contributed by atoms with Crippen molar-refractivity contribution in [3.05, 3.63) is 88.1 Å². The molecule has 0 radical (unpaired) electrons. The SMILES string of the molecule is CCCn1nc(C(=O)N2CCn3cccc3C2c2ccccc2)ccc1=O. The van der Waals surface area contributed by atoms with E-state index in [0.717, 1.165) is 24.2 Å². The number of aryl methyl sites for hydroxylation is 1. The zero-order valence-electron chi connectivity index (χ0n) is 15.3. The fraction of sp³-hybridized carbons (Fsp3) is 0.286. The van der Waals surface area contributed by atoms with Crippen molar-refractivity contribution in [2.75, 3.05) is 6.54 Å². The molecule has 1 aromatic carbocycles. The molecule has 1 amide bonds. The Kier molecular flexibility index (Phi) is 4.62. The molecule has 0 saturated carbocycles. The number of amides is 1. The van der Waals surface area contributed by atoms with Gasteiger partial charge in [-0.1, -0.05) is 37.3 Å². The van der Waals surface area contributed by atoms with Crippen LogP contribution in [0.15, 0.2) is 65.6 Å². The van der Waals surface area contributed by atoms with E-state index >= 15 is 0 Å². The number of fused-ring (bicyclic) bond motifs is 1. The molecule has 6 nitrogen and oxygen atoms in total. The summed E-state index contributed by atoms with van der Waals surface area (Å²) in [6.07, 6.45) is 2.83. The summed E-state index contributed by atoms with van der Waals surface area (Å²) < 4.78 is 3.56. The Morgan fingerprint density at radius 1 is 1.07 bits per heavy atom. The van der Waals surface area contributed by atoms with Crippen LogP contribution in [-0.2, 0) is 13.1 Å². The van der Waals surface area contributed by atoms with E-state index in [2.05, 4.69) is 15.7 Å². The van der Waals surface area contributed by atoms with Crippen LogP contribution in [0.1, 0.15) is 41.1 Å². The highest BCUT2D eigenvalue weighted by atomic mass is 16.2. The third kappa shape index (κ3) is 3.18. The van der Waals surface area contributed by atoms with Crippen LogP contribution in [0.5, 0.6) is 0 Å². The van der Waals surface area contributed by atoms with Crippen LogP contribution in [-0.4, -0.2) is 31.7 Å². The molecule has 0 bridgehead atoms. The van der Waals surface area contributed by atoms with Crippen molar-refractivity contribution in [3.63, 3.8) is 0 Å². The zero-order chi connectivity index (χ0) is 18.8. The minimum Gasteiger partial charge on any atom is -0.348 e. The second kappa shape index (κ2) is 7.23. The van der Waals surface area contributed by atoms with Gasteiger partial charge in [0.1, 0.15) is 5.69 Å². The van der Waals surface area contributed by atoms with Crippen molar-refractivity contribution in [2.45, 2.75) is 32.5 Å². The lowest BCUT2D eigenvalue weighted by atomic mass is 9.99. The Bertz CT molecular complexity index is 1010. The highest BCUT2D eigenvalue weighted by Gasteiger charge is 2.33. The molecule has 138 valence electrons. The zero-order valence-corrected chi connectivity index (χ0v) is 15.3. The molecule has 1 aliphatic heterocycles. The van der Waals surface area contributed by atoms with Crippen molar-refractivity contribution in [3.8, 4) is 0 Å². The Hall–Kier alpha value is -3.15. The molecule has 1 unspecified atom stereocenters. The van der Waals surface area contributed by atoms with Gasteiger partial charge in [0, 0.05) is 37.6 Å². The molecule has 27 heavy (non-hydrogen) atoms. The van der Waals surface area contributed by atoms with Gasteiger partial charge in [-0.05, 0) is 30.2 Å². The largest absolute Gasteiger partial charge is 0.348 e. The molecule has 0 N–H and O–H groups in total. The molecule has 1 atom stereocenters. The monoisotopic (exact) mass is 362 g/mol. The lowest BCUT2D eigenvalue weighted by molar-refractivity contribution is 0.0655. The van der Waals surface area contributed by atoms with Crippen molar-refractivity contribution in [1.82, 2.24) is 19.2 Å². The first-order chi connectivity index (χ1) is 13.2. The quantitative estimate of drug-likeness (QED) is 0.717. The van der Waals surface area contributed by atoms with E-state index in [0.29, 0.717) is 18.8 Å². The molecule has 6 heteroatoms. The van der Waals surface area contributed by atoms with E-state index in [1.165, 1.54) is 16.8 Å². The number of carbonyl (C=O) groups excluding carboxylic acids is 1. The van der Waals surface area contributed by atoms with Gasteiger partial charge in [0.2, 0.25) is 0 Å². The number of carbonyl (C=O) groups is 1. The predicted octanol–water partition coefficient (Wildman–Crippen LogP) is 2.70. The van der Waals surface area contributed by atoms with E-state index in [9.17, 15) is 9.59 Å². The molecule has 3 aromatic rings. The molecule has 0 aliphatic carbocycles. The Morgan fingerprint density at radius 2 is 1.89 bits per heavy atom. The lowest BCUT2D eigenvalue weighted by Gasteiger charge is -2.37. The van der Waals surface area contributed by atoms with Crippen molar-refractivity contribution < 1.29 is 4.79 Å². The van der Waals surface area contributed by atoms with Crippen molar-refractivity contribution in [1.29, 1.82) is 0 Å². The van der Waals surface area contributed by atoms with E-state index in [-0.39, 0.29) is 17.5 Å². The summed E-state index contributed by atoms with van der Waals surface area (Å²) in [5, 5.41) is 4.32. The van der Waals surface area contributed by atoms with Crippen LogP contribution in [0, 0.1) is 0 Å². The maximum Gasteiger partial charge on any atom is 0.275 e. The summed E-state index contributed by atoms with van der Waals surface area (Å²) >= 11 is 0. The first-order valence-corrected chi connectivity index (χ1v) is 9.28. The van der Waals surface area contributed by atoms with Gasteiger partial charge < -0.3 is 9.47 Å². The molecule has 0 saturated heterocycles. The van der Waals surface area contributed by atoms with Gasteiger partial charge in [-0.15, -0.1) is 0 Å². The van der Waals surface area contributed by atoms with Gasteiger partial charge in [0.05, 0.1) is 6.04 Å². The van der Waals surface area contributed by atoms with Crippen LogP contribution >= 0.6 is 0 Å². The smallest absolute Gasteiger partial charge is 0.275 e. The van der Waals surface area contributed by atoms with Crippen LogP contribution in [0.25, 0.3) is 0 Å². The summed E-state index contributed by atoms with van der Waals surface area (Å²) in [7, 11) is 0. The Morgan fingerprint density at radius 3 is 2.67 bits per heavy atom. The second-order valence-electron chi connectivity index (χ2n) is 6.72. The van der Waals surface area contributed by atoms with Crippen LogP contribution < -0.4 is 5.56 Å². The van der Waals surface area contributed by atoms with Crippen LogP contribution in [0.2, 0.25) is 0 Å². The van der Waals surface area contributed by atoms with Gasteiger partial charge in [-0.3, -0.25) is 9.59 Å². The van der Waals surface area contributed by atoms with E-state index < -0.39 is 0 Å². The Labute approximate surface area is 157 Å². The fourth-order valence-corrected chi connectivity index (χ4v) is 3.67. The maximum atomic E-state index is 13.3. The third-order valence-electron chi connectivity index (χ3n) is 4.94. The summed E-state index contributed by atoms with van der Waals surface area (Å²) in [6, 6.07) is 16.9. The molecule has 0 spiro atoms.